The van der Waals surface area contributed by atoms with Crippen LogP contribution in [0.4, 0.5) is 0 Å². The lowest BCUT2D eigenvalue weighted by molar-refractivity contribution is -0.276. The van der Waals surface area contributed by atoms with E-state index in [2.05, 4.69) is 28.9 Å². The van der Waals surface area contributed by atoms with Crippen molar-refractivity contribution < 1.29 is 33.9 Å². The van der Waals surface area contributed by atoms with Crippen molar-refractivity contribution in [2.45, 2.75) is 168 Å². The summed E-state index contributed by atoms with van der Waals surface area (Å²) in [6.07, 6.45) is 30.7. The van der Waals surface area contributed by atoms with Crippen LogP contribution in [0.25, 0.3) is 0 Å². The maximum absolute atomic E-state index is 13.2. The van der Waals surface area contributed by atoms with Crippen molar-refractivity contribution in [1.82, 2.24) is 15.1 Å². The minimum atomic E-state index is -0.432. The van der Waals surface area contributed by atoms with E-state index in [9.17, 15) is 14.4 Å². The number of nitrogens with one attached hydrogen (secondary N) is 1. The van der Waals surface area contributed by atoms with E-state index < -0.39 is 11.8 Å². The van der Waals surface area contributed by atoms with Crippen LogP contribution in [0.2, 0.25) is 0 Å². The Hall–Kier alpha value is -1.75. The molecule has 0 heterocycles. The topological polar surface area (TPSA) is 107 Å². The molecule has 0 aromatic rings. The summed E-state index contributed by atoms with van der Waals surface area (Å²) in [5.41, 5.74) is 0. The number of rotatable bonds is 37. The van der Waals surface area contributed by atoms with Gasteiger partial charge in [-0.15, -0.1) is 0 Å². The summed E-state index contributed by atoms with van der Waals surface area (Å²) < 4.78 is 0. The zero-order valence-electron chi connectivity index (χ0n) is 31.7. The molecule has 0 saturated carbocycles. The zero-order valence-corrected chi connectivity index (χ0v) is 31.7. The van der Waals surface area contributed by atoms with Crippen molar-refractivity contribution in [2.24, 2.45) is 0 Å². The van der Waals surface area contributed by atoms with E-state index in [1.165, 1.54) is 148 Å². The molecule has 48 heavy (non-hydrogen) atoms. The summed E-state index contributed by atoms with van der Waals surface area (Å²) in [6.45, 7) is 5.55. The minimum Gasteiger partial charge on any atom is -0.345 e. The van der Waals surface area contributed by atoms with E-state index in [-0.39, 0.29) is 38.8 Å². The molecule has 0 rings (SSSR count). The lowest BCUT2D eigenvalue weighted by Crippen LogP contribution is -2.46. The summed E-state index contributed by atoms with van der Waals surface area (Å²) in [7, 11) is 2.68. The van der Waals surface area contributed by atoms with Gasteiger partial charge in [0.1, 0.15) is 0 Å². The van der Waals surface area contributed by atoms with Crippen molar-refractivity contribution in [3.8, 4) is 0 Å². The minimum absolute atomic E-state index is 0.0715. The van der Waals surface area contributed by atoms with Gasteiger partial charge in [0.25, 0.3) is 5.91 Å². The fourth-order valence-corrected chi connectivity index (χ4v) is 5.89. The van der Waals surface area contributed by atoms with Gasteiger partial charge >= 0.3 is 0 Å². The Bertz CT molecular complexity index is 713. The second-order valence-electron chi connectivity index (χ2n) is 13.2. The highest BCUT2D eigenvalue weighted by atomic mass is 17.2. The number of carbonyl (C=O) groups is 3. The molecular formula is C38H75N3O7. The van der Waals surface area contributed by atoms with Crippen LogP contribution in [0, 0.1) is 0 Å². The van der Waals surface area contributed by atoms with E-state index in [1.807, 2.05) is 4.90 Å². The van der Waals surface area contributed by atoms with Gasteiger partial charge in [0.05, 0.1) is 33.9 Å². The molecule has 10 nitrogen and oxygen atoms in total. The lowest BCUT2D eigenvalue weighted by atomic mass is 10.0. The fourth-order valence-electron chi connectivity index (χ4n) is 5.89. The van der Waals surface area contributed by atoms with Crippen molar-refractivity contribution in [3.05, 3.63) is 0 Å². The third kappa shape index (κ3) is 30.3. The molecule has 0 saturated heterocycles. The van der Waals surface area contributed by atoms with Crippen molar-refractivity contribution in [3.63, 3.8) is 0 Å². The quantitative estimate of drug-likeness (QED) is 0.0398. The first-order valence-corrected chi connectivity index (χ1v) is 19.6. The zero-order chi connectivity index (χ0) is 35.3. The van der Waals surface area contributed by atoms with Crippen LogP contribution < -0.4 is 5.32 Å². The molecular weight excluding hydrogens is 610 g/mol. The number of carbonyl (C=O) groups excluding carboxylic acids is 3. The third-order valence-corrected chi connectivity index (χ3v) is 8.90. The van der Waals surface area contributed by atoms with E-state index in [1.54, 1.807) is 0 Å². The van der Waals surface area contributed by atoms with Crippen LogP contribution in [-0.4, -0.2) is 87.7 Å². The third-order valence-electron chi connectivity index (χ3n) is 8.90. The van der Waals surface area contributed by atoms with Crippen LogP contribution in [0.5, 0.6) is 0 Å². The van der Waals surface area contributed by atoms with Gasteiger partial charge in [-0.25, -0.2) is 19.6 Å². The van der Waals surface area contributed by atoms with Gasteiger partial charge < -0.3 is 15.1 Å². The first-order chi connectivity index (χ1) is 23.5. The highest BCUT2D eigenvalue weighted by molar-refractivity contribution is 5.88. The molecule has 0 bridgehead atoms. The molecule has 10 heteroatoms. The van der Waals surface area contributed by atoms with Gasteiger partial charge in [-0.05, 0) is 12.8 Å². The predicted octanol–water partition coefficient (Wildman–Crippen LogP) is 8.32. The van der Waals surface area contributed by atoms with Crippen molar-refractivity contribution >= 4 is 17.7 Å². The maximum Gasteiger partial charge on any atom is 0.252 e. The highest BCUT2D eigenvalue weighted by Gasteiger charge is 2.20. The Morgan fingerprint density at radius 3 is 1.27 bits per heavy atom. The van der Waals surface area contributed by atoms with Gasteiger partial charge in [0, 0.05) is 19.6 Å². The van der Waals surface area contributed by atoms with Crippen LogP contribution >= 0.6 is 0 Å². The first kappa shape index (κ1) is 46.2. The molecule has 0 aromatic carbocycles. The Labute approximate surface area is 294 Å². The highest BCUT2D eigenvalue weighted by Crippen LogP contribution is 2.14. The summed E-state index contributed by atoms with van der Waals surface area (Å²) in [6, 6.07) is 0. The Balaban J connectivity index is 4.61. The van der Waals surface area contributed by atoms with Crippen LogP contribution in [-0.2, 0) is 33.9 Å². The molecule has 0 atom stereocenters. The Morgan fingerprint density at radius 2 is 0.875 bits per heavy atom. The molecule has 0 fully saturated rings. The monoisotopic (exact) mass is 686 g/mol. The van der Waals surface area contributed by atoms with E-state index in [4.69, 9.17) is 9.78 Å². The van der Waals surface area contributed by atoms with Gasteiger partial charge in [-0.2, -0.15) is 0 Å². The summed E-state index contributed by atoms with van der Waals surface area (Å²) >= 11 is 0. The van der Waals surface area contributed by atoms with Crippen molar-refractivity contribution in [1.29, 1.82) is 0 Å². The first-order valence-electron chi connectivity index (χ1n) is 19.6. The van der Waals surface area contributed by atoms with Gasteiger partial charge in [0.15, 0.2) is 6.61 Å². The number of nitrogens with zero attached hydrogens (tertiary/aromatic N) is 2. The predicted molar refractivity (Wildman–Crippen MR) is 194 cm³/mol. The van der Waals surface area contributed by atoms with Crippen molar-refractivity contribution in [2.75, 3.05) is 60.2 Å². The van der Waals surface area contributed by atoms with Crippen LogP contribution in [0.3, 0.4) is 0 Å². The van der Waals surface area contributed by atoms with E-state index in [0.717, 1.165) is 38.8 Å². The summed E-state index contributed by atoms with van der Waals surface area (Å²) in [5.74, 6) is -0.918. The molecule has 3 amide bonds. The SMILES string of the molecule is CCCCCCCCCCCCCCN(CCCCCCCCCCCCCC)C(=O)CNC(=O)CN(CCOOC)C(=O)COOC. The number of amides is 3. The molecule has 0 aliphatic heterocycles. The summed E-state index contributed by atoms with van der Waals surface area (Å²) in [4.78, 5) is 60.3. The maximum atomic E-state index is 13.2. The number of hydrogen-bond donors (Lipinski definition) is 1. The van der Waals surface area contributed by atoms with Gasteiger partial charge in [0.2, 0.25) is 11.8 Å². The Morgan fingerprint density at radius 1 is 0.479 bits per heavy atom. The molecule has 0 aromatic heterocycles. The van der Waals surface area contributed by atoms with E-state index in [0.29, 0.717) is 0 Å². The summed E-state index contributed by atoms with van der Waals surface area (Å²) in [5, 5.41) is 2.72. The second-order valence-corrected chi connectivity index (χ2v) is 13.2. The molecule has 0 unspecified atom stereocenters. The molecule has 0 spiro atoms. The average molecular weight is 686 g/mol. The van der Waals surface area contributed by atoms with Gasteiger partial charge in [-0.1, -0.05) is 155 Å². The largest absolute Gasteiger partial charge is 0.345 e. The second kappa shape index (κ2) is 36.5. The number of hydrogen-bond acceptors (Lipinski definition) is 7. The van der Waals surface area contributed by atoms with Crippen LogP contribution in [0.15, 0.2) is 0 Å². The van der Waals surface area contributed by atoms with Crippen LogP contribution in [0.1, 0.15) is 168 Å². The molecule has 284 valence electrons. The fraction of sp³-hybridized carbons (Fsp3) is 0.921. The average Bonchev–Trinajstić information content (AvgIpc) is 3.09. The van der Waals surface area contributed by atoms with E-state index >= 15 is 0 Å². The smallest absolute Gasteiger partial charge is 0.252 e. The lowest BCUT2D eigenvalue weighted by Gasteiger charge is -2.24. The Kier molecular flexibility index (Phi) is 35.2. The number of unbranched alkanes of at least 4 members (excludes halogenated alkanes) is 22. The van der Waals surface area contributed by atoms with Gasteiger partial charge in [-0.3, -0.25) is 14.4 Å². The standard InChI is InChI=1S/C38H75N3O7/c1-5-7-9-11-13-15-17-19-21-23-25-27-29-40(30-28-26-24-22-20-18-16-14-12-10-8-6-2)37(43)33-39-36(42)34-41(31-32-47-45-3)38(44)35-48-46-4/h5-35H2,1-4H3,(H,39,42). The normalized spacial score (nSPS) is 11.2. The molecule has 1 N–H and O–H groups in total. The molecule has 0 aliphatic rings. The molecule has 0 aliphatic carbocycles. The molecule has 0 radical (unpaired) electrons.